The SMILES string of the molecule is Cc1ccccc1S(=O)(=O)N(C)c1snc(C)c1C(=O)O. The minimum absolute atomic E-state index is 0.0836. The maximum absolute atomic E-state index is 12.6. The second-order valence-electron chi connectivity index (χ2n) is 4.49. The van der Waals surface area contributed by atoms with Gasteiger partial charge in [0.1, 0.15) is 10.6 Å². The predicted octanol–water partition coefficient (Wildman–Crippen LogP) is 2.28. The molecule has 1 heterocycles. The largest absolute Gasteiger partial charge is 0.478 e. The van der Waals surface area contributed by atoms with Crippen LogP contribution in [-0.2, 0) is 10.0 Å². The monoisotopic (exact) mass is 326 g/mol. The van der Waals surface area contributed by atoms with E-state index < -0.39 is 16.0 Å². The molecule has 1 aromatic heterocycles. The molecular weight excluding hydrogens is 312 g/mol. The topological polar surface area (TPSA) is 87.6 Å². The minimum atomic E-state index is -3.82. The number of nitrogens with zero attached hydrogens (tertiary/aromatic N) is 2. The lowest BCUT2D eigenvalue weighted by Crippen LogP contribution is -2.27. The van der Waals surface area contributed by atoms with Crippen LogP contribution in [0.4, 0.5) is 5.00 Å². The van der Waals surface area contributed by atoms with Crippen molar-refractivity contribution in [2.45, 2.75) is 18.7 Å². The van der Waals surface area contributed by atoms with Crippen LogP contribution in [0.5, 0.6) is 0 Å². The maximum Gasteiger partial charge on any atom is 0.340 e. The van der Waals surface area contributed by atoms with Gasteiger partial charge in [0.2, 0.25) is 0 Å². The lowest BCUT2D eigenvalue weighted by atomic mass is 10.2. The summed E-state index contributed by atoms with van der Waals surface area (Å²) in [7, 11) is -2.49. The molecule has 0 aliphatic rings. The Kier molecular flexibility index (Phi) is 4.02. The summed E-state index contributed by atoms with van der Waals surface area (Å²) in [4.78, 5) is 11.4. The number of aromatic carboxylic acids is 1. The number of hydrogen-bond acceptors (Lipinski definition) is 5. The van der Waals surface area contributed by atoms with Crippen molar-refractivity contribution in [1.82, 2.24) is 4.37 Å². The van der Waals surface area contributed by atoms with Gasteiger partial charge in [0, 0.05) is 7.05 Å². The van der Waals surface area contributed by atoms with Gasteiger partial charge < -0.3 is 5.11 Å². The summed E-state index contributed by atoms with van der Waals surface area (Å²) in [5.74, 6) is -1.19. The molecule has 0 spiro atoms. The first-order chi connectivity index (χ1) is 9.76. The van der Waals surface area contributed by atoms with Crippen molar-refractivity contribution >= 4 is 32.5 Å². The van der Waals surface area contributed by atoms with Crippen LogP contribution in [0.3, 0.4) is 0 Å². The molecule has 6 nitrogen and oxygen atoms in total. The Labute approximate surface area is 126 Å². The van der Waals surface area contributed by atoms with E-state index in [9.17, 15) is 18.3 Å². The molecular formula is C13H14N2O4S2. The highest BCUT2D eigenvalue weighted by Crippen LogP contribution is 2.32. The van der Waals surface area contributed by atoms with Crippen LogP contribution < -0.4 is 4.31 Å². The molecule has 0 aliphatic carbocycles. The first-order valence-electron chi connectivity index (χ1n) is 6.01. The molecule has 8 heteroatoms. The standard InChI is InChI=1S/C13H14N2O4S2/c1-8-6-4-5-7-10(8)21(18,19)15(3)12-11(13(16)17)9(2)14-20-12/h4-7H,1-3H3,(H,16,17). The van der Waals surface area contributed by atoms with Crippen LogP contribution in [0.1, 0.15) is 21.6 Å². The molecule has 0 bridgehead atoms. The minimum Gasteiger partial charge on any atom is -0.478 e. The van der Waals surface area contributed by atoms with E-state index in [1.54, 1.807) is 25.1 Å². The van der Waals surface area contributed by atoms with E-state index in [1.165, 1.54) is 20.0 Å². The van der Waals surface area contributed by atoms with E-state index in [0.29, 0.717) is 11.3 Å². The highest BCUT2D eigenvalue weighted by atomic mass is 32.2. The van der Waals surface area contributed by atoms with Crippen molar-refractivity contribution in [1.29, 1.82) is 0 Å². The number of aromatic nitrogens is 1. The average Bonchev–Trinajstić information content (AvgIpc) is 2.80. The molecule has 1 N–H and O–H groups in total. The lowest BCUT2D eigenvalue weighted by molar-refractivity contribution is 0.0697. The number of carboxylic acids is 1. The van der Waals surface area contributed by atoms with Gasteiger partial charge in [0.25, 0.3) is 10.0 Å². The summed E-state index contributed by atoms with van der Waals surface area (Å²) in [6, 6.07) is 6.56. The van der Waals surface area contributed by atoms with Gasteiger partial charge in [-0.05, 0) is 37.0 Å². The number of rotatable bonds is 4. The zero-order chi connectivity index (χ0) is 15.8. The Hall–Kier alpha value is -1.93. The summed E-state index contributed by atoms with van der Waals surface area (Å²) in [6.45, 7) is 3.23. The quantitative estimate of drug-likeness (QED) is 0.931. The van der Waals surface area contributed by atoms with Gasteiger partial charge in [-0.2, -0.15) is 4.37 Å². The smallest absolute Gasteiger partial charge is 0.340 e. The number of carboxylic acid groups (broad SMARTS) is 1. The van der Waals surface area contributed by atoms with Crippen LogP contribution >= 0.6 is 11.5 Å². The molecule has 1 aromatic carbocycles. The molecule has 2 rings (SSSR count). The van der Waals surface area contributed by atoms with E-state index >= 15 is 0 Å². The van der Waals surface area contributed by atoms with Crippen molar-refractivity contribution in [3.8, 4) is 0 Å². The molecule has 0 atom stereocenters. The maximum atomic E-state index is 12.6. The van der Waals surface area contributed by atoms with Crippen molar-refractivity contribution in [3.05, 3.63) is 41.1 Å². The molecule has 0 radical (unpaired) electrons. The highest BCUT2D eigenvalue weighted by Gasteiger charge is 2.29. The number of sulfonamides is 1. The molecule has 21 heavy (non-hydrogen) atoms. The van der Waals surface area contributed by atoms with E-state index in [4.69, 9.17) is 0 Å². The Bertz CT molecular complexity index is 796. The molecule has 0 amide bonds. The van der Waals surface area contributed by atoms with Gasteiger partial charge in [0.05, 0.1) is 10.6 Å². The molecule has 0 aliphatic heterocycles. The van der Waals surface area contributed by atoms with Gasteiger partial charge in [-0.3, -0.25) is 4.31 Å². The average molecular weight is 326 g/mol. The summed E-state index contributed by atoms with van der Waals surface area (Å²) < 4.78 is 30.2. The third-order valence-corrected chi connectivity index (χ3v) is 6.13. The Balaban J connectivity index is 2.57. The molecule has 0 saturated heterocycles. The molecule has 0 saturated carbocycles. The Morgan fingerprint density at radius 3 is 2.48 bits per heavy atom. The van der Waals surface area contributed by atoms with Gasteiger partial charge in [0.15, 0.2) is 0 Å². The number of aryl methyl sites for hydroxylation is 2. The number of carbonyl (C=O) groups is 1. The van der Waals surface area contributed by atoms with Crippen molar-refractivity contribution < 1.29 is 18.3 Å². The fraction of sp³-hybridized carbons (Fsp3) is 0.231. The fourth-order valence-corrected chi connectivity index (χ4v) is 4.40. The summed E-state index contributed by atoms with van der Waals surface area (Å²) in [5.41, 5.74) is 0.816. The van der Waals surface area contributed by atoms with Gasteiger partial charge >= 0.3 is 5.97 Å². The van der Waals surface area contributed by atoms with Crippen LogP contribution in [-0.4, -0.2) is 30.9 Å². The number of hydrogen-bond donors (Lipinski definition) is 1. The first-order valence-corrected chi connectivity index (χ1v) is 8.22. The van der Waals surface area contributed by atoms with Gasteiger partial charge in [-0.25, -0.2) is 13.2 Å². The second-order valence-corrected chi connectivity index (χ2v) is 7.18. The Morgan fingerprint density at radius 2 is 1.90 bits per heavy atom. The zero-order valence-electron chi connectivity index (χ0n) is 11.7. The highest BCUT2D eigenvalue weighted by molar-refractivity contribution is 7.93. The van der Waals surface area contributed by atoms with Crippen molar-refractivity contribution in [2.75, 3.05) is 11.4 Å². The lowest BCUT2D eigenvalue weighted by Gasteiger charge is -2.19. The van der Waals surface area contributed by atoms with Crippen LogP contribution in [0.25, 0.3) is 0 Å². The van der Waals surface area contributed by atoms with Gasteiger partial charge in [-0.15, -0.1) is 0 Å². The first kappa shape index (κ1) is 15.5. The van der Waals surface area contributed by atoms with E-state index in [0.717, 1.165) is 15.8 Å². The van der Waals surface area contributed by atoms with Crippen LogP contribution in [0.15, 0.2) is 29.2 Å². The molecule has 0 unspecified atom stereocenters. The molecule has 112 valence electrons. The van der Waals surface area contributed by atoms with E-state index in [2.05, 4.69) is 4.37 Å². The zero-order valence-corrected chi connectivity index (χ0v) is 13.3. The van der Waals surface area contributed by atoms with Crippen molar-refractivity contribution in [3.63, 3.8) is 0 Å². The number of anilines is 1. The normalized spacial score (nSPS) is 11.4. The van der Waals surface area contributed by atoms with E-state index in [-0.39, 0.29) is 15.5 Å². The van der Waals surface area contributed by atoms with Gasteiger partial charge in [-0.1, -0.05) is 18.2 Å². The number of benzene rings is 1. The Morgan fingerprint density at radius 1 is 1.29 bits per heavy atom. The third kappa shape index (κ3) is 2.64. The van der Waals surface area contributed by atoms with Crippen LogP contribution in [0.2, 0.25) is 0 Å². The molecule has 2 aromatic rings. The summed E-state index contributed by atoms with van der Waals surface area (Å²) in [5, 5.41) is 9.32. The fourth-order valence-electron chi connectivity index (χ4n) is 1.92. The van der Waals surface area contributed by atoms with E-state index in [1.807, 2.05) is 0 Å². The summed E-state index contributed by atoms with van der Waals surface area (Å²) >= 11 is 0.856. The summed E-state index contributed by atoms with van der Waals surface area (Å²) in [6.07, 6.45) is 0. The van der Waals surface area contributed by atoms with Crippen molar-refractivity contribution in [2.24, 2.45) is 0 Å². The predicted molar refractivity (Wildman–Crippen MR) is 80.6 cm³/mol. The third-order valence-electron chi connectivity index (χ3n) is 3.08. The second kappa shape index (κ2) is 5.45. The molecule has 0 fully saturated rings. The van der Waals surface area contributed by atoms with Crippen LogP contribution in [0, 0.1) is 13.8 Å².